The number of piperidine rings is 2. The van der Waals surface area contributed by atoms with Gasteiger partial charge in [-0.1, -0.05) is 0 Å². The van der Waals surface area contributed by atoms with Crippen LogP contribution >= 0.6 is 0 Å². The number of esters is 6. The molecule has 0 radical (unpaired) electrons. The van der Waals surface area contributed by atoms with Gasteiger partial charge in [-0.3, -0.25) is 19.2 Å². The molecule has 4 aliphatic heterocycles. The molecule has 4 fully saturated rings. The first kappa shape index (κ1) is 40.6. The number of ether oxygens (including phenoxy) is 6. The van der Waals surface area contributed by atoms with Crippen LogP contribution in [0.2, 0.25) is 0 Å². The van der Waals surface area contributed by atoms with Crippen LogP contribution in [0.25, 0.3) is 0 Å². The van der Waals surface area contributed by atoms with Crippen molar-refractivity contribution in [3.05, 3.63) is 59.7 Å². The van der Waals surface area contributed by atoms with Gasteiger partial charge in [-0.25, -0.2) is 9.59 Å². The van der Waals surface area contributed by atoms with Crippen molar-refractivity contribution in [2.24, 2.45) is 0 Å². The van der Waals surface area contributed by atoms with Gasteiger partial charge in [-0.05, 0) is 36.4 Å². The van der Waals surface area contributed by atoms with Crippen LogP contribution in [0.3, 0.4) is 0 Å². The Balaban J connectivity index is 0.998. The van der Waals surface area contributed by atoms with Gasteiger partial charge in [0.15, 0.2) is 23.0 Å². The molecule has 0 amide bonds. The lowest BCUT2D eigenvalue weighted by atomic mass is 9.95. The number of carbonyl (C=O) groups is 6. The van der Waals surface area contributed by atoms with Crippen molar-refractivity contribution in [2.75, 3.05) is 14.1 Å². The summed E-state index contributed by atoms with van der Waals surface area (Å²) in [5, 5.41) is 0. The van der Waals surface area contributed by atoms with Gasteiger partial charge in [0.05, 0.1) is 38.3 Å². The average Bonchev–Trinajstić information content (AvgIpc) is 3.33. The Morgan fingerprint density at radius 2 is 0.821 bits per heavy atom. The summed E-state index contributed by atoms with van der Waals surface area (Å²) in [6.45, 7) is 6.50. The monoisotopic (exact) mass is 776 g/mol. The first-order valence-corrected chi connectivity index (χ1v) is 19.3. The zero-order chi connectivity index (χ0) is 40.4. The van der Waals surface area contributed by atoms with E-state index in [4.69, 9.17) is 28.4 Å². The van der Waals surface area contributed by atoms with E-state index in [1.54, 1.807) is 24.3 Å². The Hall–Kier alpha value is -5.08. The minimum absolute atomic E-state index is 0.189. The molecule has 300 valence electrons. The molecule has 4 unspecified atom stereocenters. The zero-order valence-electron chi connectivity index (χ0n) is 32.9. The van der Waals surface area contributed by atoms with Gasteiger partial charge in [0.25, 0.3) is 0 Å². The van der Waals surface area contributed by atoms with Crippen LogP contribution in [0.1, 0.15) is 90.2 Å². The third kappa shape index (κ3) is 9.30. The standard InChI is InChI=1S/C42H52N2O12/c1-25(45)51-37-13-7-29(17-39(37)53-27(3)47)23-43(5)31-9-10-32(43)20-35(19-31)55-41(49)15-16-42(50)56-36-21-33-11-12-34(22-36)44(33,6)24-30-8-14-38(52-26(2)46)40(18-30)54-28(4)48/h7-8,13-18,31-36H,9-12,19-24H2,1-6H3/q+2/b16-15+. The fourth-order valence-electron chi connectivity index (χ4n) is 9.67. The summed E-state index contributed by atoms with van der Waals surface area (Å²) < 4.78 is 34.3. The molecule has 4 aliphatic rings. The van der Waals surface area contributed by atoms with Gasteiger partial charge in [-0.15, -0.1) is 0 Å². The maximum atomic E-state index is 12.9. The molecule has 4 heterocycles. The summed E-state index contributed by atoms with van der Waals surface area (Å²) in [6, 6.07) is 11.5. The van der Waals surface area contributed by atoms with E-state index in [0.717, 1.165) is 57.9 Å². The maximum absolute atomic E-state index is 12.9. The molecule has 4 saturated heterocycles. The molecule has 6 rings (SSSR count). The van der Waals surface area contributed by atoms with Gasteiger partial charge in [0.1, 0.15) is 25.3 Å². The topological polar surface area (TPSA) is 158 Å². The molecule has 56 heavy (non-hydrogen) atoms. The lowest BCUT2D eigenvalue weighted by Crippen LogP contribution is -2.58. The fourth-order valence-corrected chi connectivity index (χ4v) is 9.67. The molecule has 0 aliphatic carbocycles. The molecular formula is C42H52N2O12+2. The van der Waals surface area contributed by atoms with E-state index in [2.05, 4.69) is 14.1 Å². The van der Waals surface area contributed by atoms with Crippen LogP contribution < -0.4 is 18.9 Å². The molecule has 2 aromatic carbocycles. The van der Waals surface area contributed by atoms with Crippen molar-refractivity contribution in [1.82, 2.24) is 0 Å². The smallest absolute Gasteiger partial charge is 0.331 e. The van der Waals surface area contributed by atoms with E-state index in [1.165, 1.54) is 27.7 Å². The van der Waals surface area contributed by atoms with Crippen molar-refractivity contribution in [3.63, 3.8) is 0 Å². The molecule has 0 N–H and O–H groups in total. The first-order chi connectivity index (χ1) is 26.5. The van der Waals surface area contributed by atoms with E-state index in [9.17, 15) is 28.8 Å². The minimum Gasteiger partial charge on any atom is -0.459 e. The molecule has 0 saturated carbocycles. The van der Waals surface area contributed by atoms with Crippen LogP contribution in [0.15, 0.2) is 48.6 Å². The molecular weight excluding hydrogens is 724 g/mol. The Morgan fingerprint density at radius 3 is 1.12 bits per heavy atom. The van der Waals surface area contributed by atoms with Crippen molar-refractivity contribution >= 4 is 35.8 Å². The highest BCUT2D eigenvalue weighted by Gasteiger charge is 2.53. The van der Waals surface area contributed by atoms with E-state index >= 15 is 0 Å². The highest BCUT2D eigenvalue weighted by Crippen LogP contribution is 2.46. The van der Waals surface area contributed by atoms with Crippen molar-refractivity contribution < 1.29 is 66.2 Å². The van der Waals surface area contributed by atoms with Crippen molar-refractivity contribution in [1.29, 1.82) is 0 Å². The number of fused-ring (bicyclic) bond motifs is 4. The van der Waals surface area contributed by atoms with E-state index < -0.39 is 35.8 Å². The molecule has 14 heteroatoms. The predicted molar refractivity (Wildman–Crippen MR) is 199 cm³/mol. The second-order valence-corrected chi connectivity index (χ2v) is 16.1. The summed E-state index contributed by atoms with van der Waals surface area (Å²) in [6.07, 6.45) is 8.44. The second kappa shape index (κ2) is 16.6. The number of quaternary nitrogens is 2. The quantitative estimate of drug-likeness (QED) is 0.123. The molecule has 2 aromatic rings. The lowest BCUT2D eigenvalue weighted by molar-refractivity contribution is -0.961. The highest BCUT2D eigenvalue weighted by atomic mass is 16.6. The number of nitrogens with zero attached hydrogens (tertiary/aromatic N) is 2. The predicted octanol–water partition coefficient (Wildman–Crippen LogP) is 5.01. The highest BCUT2D eigenvalue weighted by molar-refractivity contribution is 5.91. The number of hydrogen-bond donors (Lipinski definition) is 0. The summed E-state index contributed by atoms with van der Waals surface area (Å²) in [5.41, 5.74) is 1.87. The van der Waals surface area contributed by atoms with Gasteiger partial charge < -0.3 is 37.4 Å². The second-order valence-electron chi connectivity index (χ2n) is 16.1. The van der Waals surface area contributed by atoms with Crippen LogP contribution in [0, 0.1) is 0 Å². The van der Waals surface area contributed by atoms with Crippen molar-refractivity contribution in [3.8, 4) is 23.0 Å². The maximum Gasteiger partial charge on any atom is 0.331 e. The SMILES string of the molecule is CC(=O)Oc1ccc(C[N+]2(C)C3CCC2CC(OC(=O)/C=C/C(=O)OC2CC4CCC(C2)[N+]4(C)Cc2ccc(OC(C)=O)c(OC(C)=O)c2)C3)cc1OC(C)=O. The van der Waals surface area contributed by atoms with Gasteiger partial charge in [0.2, 0.25) is 0 Å². The van der Waals surface area contributed by atoms with Crippen LogP contribution in [0.4, 0.5) is 0 Å². The third-order valence-electron chi connectivity index (χ3n) is 12.1. The van der Waals surface area contributed by atoms with Crippen molar-refractivity contribution in [2.45, 2.75) is 129 Å². The van der Waals surface area contributed by atoms with Crippen LogP contribution in [0.5, 0.6) is 23.0 Å². The number of benzene rings is 2. The minimum atomic E-state index is -0.574. The van der Waals surface area contributed by atoms with Gasteiger partial charge >= 0.3 is 35.8 Å². The lowest BCUT2D eigenvalue weighted by Gasteiger charge is -2.47. The van der Waals surface area contributed by atoms with Crippen LogP contribution in [-0.4, -0.2) is 95.3 Å². The number of hydrogen-bond acceptors (Lipinski definition) is 12. The molecule has 0 spiro atoms. The van der Waals surface area contributed by atoms with E-state index in [1.807, 2.05) is 12.1 Å². The Bertz CT molecular complexity index is 1760. The average molecular weight is 777 g/mol. The van der Waals surface area contributed by atoms with E-state index in [-0.39, 0.29) is 59.4 Å². The van der Waals surface area contributed by atoms with Gasteiger partial charge in [0, 0.05) is 102 Å². The molecule has 4 bridgehead atoms. The van der Waals surface area contributed by atoms with Crippen LogP contribution in [-0.2, 0) is 51.3 Å². The summed E-state index contributed by atoms with van der Waals surface area (Å²) >= 11 is 0. The number of rotatable bonds is 12. The summed E-state index contributed by atoms with van der Waals surface area (Å²) in [7, 11) is 4.40. The summed E-state index contributed by atoms with van der Waals surface area (Å²) in [5.74, 6) is -2.41. The zero-order valence-corrected chi connectivity index (χ0v) is 32.9. The Labute approximate surface area is 326 Å². The molecule has 0 aromatic heterocycles. The normalized spacial score (nSPS) is 29.0. The van der Waals surface area contributed by atoms with E-state index in [0.29, 0.717) is 38.8 Å². The summed E-state index contributed by atoms with van der Waals surface area (Å²) in [4.78, 5) is 72.4. The van der Waals surface area contributed by atoms with Gasteiger partial charge in [-0.2, -0.15) is 0 Å². The Kier molecular flexibility index (Phi) is 12.0. The number of carbonyl (C=O) groups excluding carboxylic acids is 6. The fraction of sp³-hybridized carbons (Fsp3) is 0.524. The Morgan fingerprint density at radius 1 is 0.518 bits per heavy atom. The molecule has 4 atom stereocenters. The molecule has 14 nitrogen and oxygen atoms in total. The largest absolute Gasteiger partial charge is 0.459 e. The first-order valence-electron chi connectivity index (χ1n) is 19.3. The third-order valence-corrected chi connectivity index (χ3v) is 12.1.